The maximum absolute atomic E-state index is 12.7. The Bertz CT molecular complexity index is 881. The van der Waals surface area contributed by atoms with Gasteiger partial charge in [-0.1, -0.05) is 11.6 Å². The molecule has 0 N–H and O–H groups in total. The third-order valence-electron chi connectivity index (χ3n) is 3.77. The monoisotopic (exact) mass is 397 g/mol. The van der Waals surface area contributed by atoms with Crippen LogP contribution >= 0.6 is 11.6 Å². The van der Waals surface area contributed by atoms with E-state index in [9.17, 15) is 13.2 Å². The number of hydrogen-bond acceptors (Lipinski definition) is 5. The molecule has 2 aromatic carbocycles. The van der Waals surface area contributed by atoms with Crippen LogP contribution in [0.15, 0.2) is 47.4 Å². The number of carbonyl (C=O) groups excluding carboxylic acids is 1. The molecule has 0 aliphatic heterocycles. The Morgan fingerprint density at radius 3 is 2.38 bits per heavy atom. The number of esters is 1. The van der Waals surface area contributed by atoms with Crippen LogP contribution in [0.5, 0.6) is 5.75 Å². The molecule has 0 atom stereocenters. The van der Waals surface area contributed by atoms with Crippen molar-refractivity contribution in [1.82, 2.24) is 4.31 Å². The number of ether oxygens (including phenoxy) is 2. The predicted octanol–water partition coefficient (Wildman–Crippen LogP) is 3.13. The van der Waals surface area contributed by atoms with Gasteiger partial charge in [0.15, 0.2) is 0 Å². The van der Waals surface area contributed by atoms with E-state index in [0.717, 1.165) is 0 Å². The lowest BCUT2D eigenvalue weighted by molar-refractivity contribution is 0.0600. The molecule has 6 nitrogen and oxygen atoms in total. The standard InChI is InChI=1S/C18H20ClNO5S/c1-13-12-14(18(21)24-3)4-9-17(13)26(22,23)20(2)10-11-25-16-7-5-15(19)6-8-16/h4-9,12H,10-11H2,1-3H3. The smallest absolute Gasteiger partial charge is 0.337 e. The summed E-state index contributed by atoms with van der Waals surface area (Å²) < 4.78 is 36.8. The van der Waals surface area contributed by atoms with E-state index >= 15 is 0 Å². The molecule has 0 amide bonds. The molecule has 2 rings (SSSR count). The maximum atomic E-state index is 12.7. The third kappa shape index (κ3) is 4.75. The fraction of sp³-hybridized carbons (Fsp3) is 0.278. The van der Waals surface area contributed by atoms with Crippen LogP contribution in [0.25, 0.3) is 0 Å². The number of benzene rings is 2. The van der Waals surface area contributed by atoms with Gasteiger partial charge < -0.3 is 9.47 Å². The largest absolute Gasteiger partial charge is 0.492 e. The number of nitrogens with zero attached hydrogens (tertiary/aromatic N) is 1. The van der Waals surface area contributed by atoms with Crippen LogP contribution in [-0.2, 0) is 14.8 Å². The van der Waals surface area contributed by atoms with E-state index in [2.05, 4.69) is 4.74 Å². The zero-order valence-electron chi connectivity index (χ0n) is 14.7. The minimum atomic E-state index is -3.70. The van der Waals surface area contributed by atoms with Crippen LogP contribution in [0.4, 0.5) is 0 Å². The number of sulfonamides is 1. The summed E-state index contributed by atoms with van der Waals surface area (Å²) in [5.41, 5.74) is 0.774. The van der Waals surface area contributed by atoms with Gasteiger partial charge in [0.2, 0.25) is 10.0 Å². The highest BCUT2D eigenvalue weighted by atomic mass is 35.5. The molecule has 0 spiro atoms. The molecule has 26 heavy (non-hydrogen) atoms. The average molecular weight is 398 g/mol. The van der Waals surface area contributed by atoms with Crippen molar-refractivity contribution in [2.45, 2.75) is 11.8 Å². The molecule has 0 unspecified atom stereocenters. The van der Waals surface area contributed by atoms with Crippen molar-refractivity contribution in [2.24, 2.45) is 0 Å². The van der Waals surface area contributed by atoms with Gasteiger partial charge in [-0.25, -0.2) is 13.2 Å². The molecule has 140 valence electrons. The van der Waals surface area contributed by atoms with Gasteiger partial charge in [0.05, 0.1) is 17.6 Å². The Morgan fingerprint density at radius 1 is 1.15 bits per heavy atom. The summed E-state index contributed by atoms with van der Waals surface area (Å²) in [7, 11) is -0.945. The number of carbonyl (C=O) groups is 1. The third-order valence-corrected chi connectivity index (χ3v) is 6.04. The number of hydrogen-bond donors (Lipinski definition) is 0. The second kappa shape index (κ2) is 8.53. The van der Waals surface area contributed by atoms with E-state index in [-0.39, 0.29) is 18.0 Å². The van der Waals surface area contributed by atoms with Crippen molar-refractivity contribution in [2.75, 3.05) is 27.3 Å². The Labute approximate surface area is 158 Å². The van der Waals surface area contributed by atoms with Crippen LogP contribution in [0, 0.1) is 6.92 Å². The topological polar surface area (TPSA) is 72.9 Å². The Kier molecular flexibility index (Phi) is 6.63. The van der Waals surface area contributed by atoms with Gasteiger partial charge in [-0.15, -0.1) is 0 Å². The average Bonchev–Trinajstić information content (AvgIpc) is 2.62. The molecule has 0 radical (unpaired) electrons. The zero-order valence-corrected chi connectivity index (χ0v) is 16.3. The van der Waals surface area contributed by atoms with Gasteiger partial charge in [-0.2, -0.15) is 4.31 Å². The number of halogens is 1. The second-order valence-corrected chi connectivity index (χ2v) is 8.05. The quantitative estimate of drug-likeness (QED) is 0.671. The molecule has 0 saturated carbocycles. The van der Waals surface area contributed by atoms with Crippen LogP contribution in [0.1, 0.15) is 15.9 Å². The summed E-state index contributed by atoms with van der Waals surface area (Å²) in [6.45, 7) is 2.00. The fourth-order valence-corrected chi connectivity index (χ4v) is 3.78. The van der Waals surface area contributed by atoms with E-state index in [4.69, 9.17) is 16.3 Å². The minimum Gasteiger partial charge on any atom is -0.492 e. The van der Waals surface area contributed by atoms with Gasteiger partial charge >= 0.3 is 5.97 Å². The van der Waals surface area contributed by atoms with E-state index in [1.165, 1.54) is 36.7 Å². The van der Waals surface area contributed by atoms with Crippen molar-refractivity contribution in [3.05, 3.63) is 58.6 Å². The fourth-order valence-electron chi connectivity index (χ4n) is 2.29. The highest BCUT2D eigenvalue weighted by molar-refractivity contribution is 7.89. The summed E-state index contributed by atoms with van der Waals surface area (Å²) in [5.74, 6) is 0.0978. The summed E-state index contributed by atoms with van der Waals surface area (Å²) in [6.07, 6.45) is 0. The number of methoxy groups -OCH3 is 1. The van der Waals surface area contributed by atoms with Gasteiger partial charge in [0.25, 0.3) is 0 Å². The summed E-state index contributed by atoms with van der Waals surface area (Å²) in [6, 6.07) is 11.2. The van der Waals surface area contributed by atoms with Crippen LogP contribution in [0.3, 0.4) is 0 Å². The van der Waals surface area contributed by atoms with Gasteiger partial charge in [-0.05, 0) is 55.0 Å². The molecular weight excluding hydrogens is 378 g/mol. The minimum absolute atomic E-state index is 0.138. The molecule has 0 aliphatic rings. The van der Waals surface area contributed by atoms with Gasteiger partial charge in [0, 0.05) is 18.6 Å². The SMILES string of the molecule is COC(=O)c1ccc(S(=O)(=O)N(C)CCOc2ccc(Cl)cc2)c(C)c1. The molecule has 0 fully saturated rings. The van der Waals surface area contributed by atoms with E-state index in [0.29, 0.717) is 21.9 Å². The first kappa shape index (κ1) is 20.2. The number of likely N-dealkylation sites (N-methyl/N-ethyl adjacent to an activating group) is 1. The van der Waals surface area contributed by atoms with Crippen LogP contribution < -0.4 is 4.74 Å². The van der Waals surface area contributed by atoms with E-state index in [1.54, 1.807) is 31.2 Å². The maximum Gasteiger partial charge on any atom is 0.337 e. The molecule has 0 heterocycles. The highest BCUT2D eigenvalue weighted by Gasteiger charge is 2.23. The van der Waals surface area contributed by atoms with E-state index < -0.39 is 16.0 Å². The lowest BCUT2D eigenvalue weighted by atomic mass is 10.1. The molecule has 8 heteroatoms. The Balaban J connectivity index is 2.06. The molecule has 2 aromatic rings. The number of rotatable bonds is 7. The lowest BCUT2D eigenvalue weighted by Crippen LogP contribution is -2.31. The van der Waals surface area contributed by atoms with Crippen LogP contribution in [-0.4, -0.2) is 46.0 Å². The van der Waals surface area contributed by atoms with Gasteiger partial charge in [0.1, 0.15) is 12.4 Å². The molecule has 0 saturated heterocycles. The Morgan fingerprint density at radius 2 is 1.81 bits per heavy atom. The normalized spacial score (nSPS) is 11.4. The first-order valence-electron chi connectivity index (χ1n) is 7.79. The molecule has 0 bridgehead atoms. The Hall–Kier alpha value is -2.09. The highest BCUT2D eigenvalue weighted by Crippen LogP contribution is 2.21. The molecular formula is C18H20ClNO5S. The first-order chi connectivity index (χ1) is 12.3. The zero-order chi connectivity index (χ0) is 19.3. The number of aryl methyl sites for hydroxylation is 1. The van der Waals surface area contributed by atoms with Crippen molar-refractivity contribution in [3.63, 3.8) is 0 Å². The van der Waals surface area contributed by atoms with Crippen molar-refractivity contribution < 1.29 is 22.7 Å². The lowest BCUT2D eigenvalue weighted by Gasteiger charge is -2.19. The molecule has 0 aliphatic carbocycles. The second-order valence-electron chi connectivity index (χ2n) is 5.60. The van der Waals surface area contributed by atoms with Crippen molar-refractivity contribution in [1.29, 1.82) is 0 Å². The van der Waals surface area contributed by atoms with Gasteiger partial charge in [-0.3, -0.25) is 0 Å². The van der Waals surface area contributed by atoms with Crippen molar-refractivity contribution in [3.8, 4) is 5.75 Å². The van der Waals surface area contributed by atoms with Crippen LogP contribution in [0.2, 0.25) is 5.02 Å². The predicted molar refractivity (Wildman–Crippen MR) is 99.3 cm³/mol. The summed E-state index contributed by atoms with van der Waals surface area (Å²) in [4.78, 5) is 11.7. The summed E-state index contributed by atoms with van der Waals surface area (Å²) in [5, 5.41) is 0.600. The summed E-state index contributed by atoms with van der Waals surface area (Å²) >= 11 is 5.81. The van der Waals surface area contributed by atoms with Crippen molar-refractivity contribution >= 4 is 27.6 Å². The van der Waals surface area contributed by atoms with E-state index in [1.807, 2.05) is 0 Å². The first-order valence-corrected chi connectivity index (χ1v) is 9.61. The molecule has 0 aromatic heterocycles.